The van der Waals surface area contributed by atoms with Gasteiger partial charge >= 0.3 is 0 Å². The molecule has 2 N–H and O–H groups in total. The molecule has 0 radical (unpaired) electrons. The Bertz CT molecular complexity index is 338. The summed E-state index contributed by atoms with van der Waals surface area (Å²) in [6.45, 7) is 4.48. The maximum atomic E-state index is 5.97. The van der Waals surface area contributed by atoms with Gasteiger partial charge in [0.25, 0.3) is 0 Å². The molecule has 2 heterocycles. The predicted molar refractivity (Wildman–Crippen MR) is 68.5 cm³/mol. The van der Waals surface area contributed by atoms with Crippen molar-refractivity contribution in [3.05, 3.63) is 18.3 Å². The van der Waals surface area contributed by atoms with Gasteiger partial charge < -0.3 is 10.6 Å². The van der Waals surface area contributed by atoms with Crippen LogP contribution in [0, 0.1) is 5.92 Å². The second-order valence-corrected chi connectivity index (χ2v) is 4.61. The highest BCUT2D eigenvalue weighted by Crippen LogP contribution is 2.26. The van der Waals surface area contributed by atoms with Crippen LogP contribution in [0.2, 0.25) is 0 Å². The Balaban J connectivity index is 2.08. The number of nitrogens with two attached hydrogens (primary N) is 1. The van der Waals surface area contributed by atoms with Gasteiger partial charge in [0.1, 0.15) is 0 Å². The van der Waals surface area contributed by atoms with Crippen LogP contribution in [0.5, 0.6) is 0 Å². The number of nitrogens with zero attached hydrogens (tertiary/aromatic N) is 2. The maximum Gasteiger partial charge on any atom is 0.151 e. The van der Waals surface area contributed by atoms with Crippen molar-refractivity contribution in [2.45, 2.75) is 32.6 Å². The van der Waals surface area contributed by atoms with Crippen molar-refractivity contribution < 1.29 is 0 Å². The summed E-state index contributed by atoms with van der Waals surface area (Å²) in [5, 5.41) is 0. The maximum absolute atomic E-state index is 5.97. The minimum Gasteiger partial charge on any atom is -0.396 e. The fourth-order valence-corrected chi connectivity index (χ4v) is 2.46. The van der Waals surface area contributed by atoms with Crippen LogP contribution in [0.1, 0.15) is 32.6 Å². The Labute approximate surface area is 97.7 Å². The molecule has 0 aromatic carbocycles. The van der Waals surface area contributed by atoms with E-state index in [1.807, 2.05) is 18.3 Å². The molecule has 0 spiro atoms. The van der Waals surface area contributed by atoms with Crippen molar-refractivity contribution in [3.63, 3.8) is 0 Å². The lowest BCUT2D eigenvalue weighted by Crippen LogP contribution is -2.26. The molecule has 1 saturated heterocycles. The molecule has 1 unspecified atom stereocenters. The molecule has 88 valence electrons. The number of aromatic nitrogens is 1. The molecule has 0 amide bonds. The van der Waals surface area contributed by atoms with Gasteiger partial charge in [-0.25, -0.2) is 4.98 Å². The van der Waals surface area contributed by atoms with Crippen molar-refractivity contribution in [3.8, 4) is 0 Å². The van der Waals surface area contributed by atoms with Crippen LogP contribution >= 0.6 is 0 Å². The fraction of sp³-hybridized carbons (Fsp3) is 0.615. The first kappa shape index (κ1) is 11.2. The van der Waals surface area contributed by atoms with Crippen LogP contribution in [-0.2, 0) is 0 Å². The van der Waals surface area contributed by atoms with E-state index in [2.05, 4.69) is 16.8 Å². The third-order valence-corrected chi connectivity index (χ3v) is 3.54. The molecule has 2 rings (SSSR count). The van der Waals surface area contributed by atoms with Crippen LogP contribution < -0.4 is 10.6 Å². The molecule has 3 nitrogen and oxygen atoms in total. The summed E-state index contributed by atoms with van der Waals surface area (Å²) in [5.41, 5.74) is 6.77. The van der Waals surface area contributed by atoms with Gasteiger partial charge in [0.05, 0.1) is 5.69 Å². The first-order valence-corrected chi connectivity index (χ1v) is 6.26. The molecule has 0 bridgehead atoms. The molecule has 3 heteroatoms. The van der Waals surface area contributed by atoms with Gasteiger partial charge in [-0.2, -0.15) is 0 Å². The molecular formula is C13H21N3. The quantitative estimate of drug-likeness (QED) is 0.831. The first-order valence-electron chi connectivity index (χ1n) is 6.26. The smallest absolute Gasteiger partial charge is 0.151 e. The highest BCUT2D eigenvalue weighted by atomic mass is 15.2. The SMILES string of the molecule is CCC1CCCN(c2ncccc2N)CC1. The van der Waals surface area contributed by atoms with Gasteiger partial charge in [0.15, 0.2) is 5.82 Å². The van der Waals surface area contributed by atoms with E-state index in [1.165, 1.54) is 25.7 Å². The lowest BCUT2D eigenvalue weighted by molar-refractivity contribution is 0.459. The third kappa shape index (κ3) is 2.46. The van der Waals surface area contributed by atoms with E-state index in [9.17, 15) is 0 Å². The summed E-state index contributed by atoms with van der Waals surface area (Å²) in [6.07, 6.45) is 7.00. The minimum absolute atomic E-state index is 0.803. The van der Waals surface area contributed by atoms with Crippen LogP contribution in [0.4, 0.5) is 11.5 Å². The summed E-state index contributed by atoms with van der Waals surface area (Å²) < 4.78 is 0. The van der Waals surface area contributed by atoms with E-state index < -0.39 is 0 Å². The molecule has 1 aromatic rings. The van der Waals surface area contributed by atoms with Gasteiger partial charge in [0.2, 0.25) is 0 Å². The Morgan fingerprint density at radius 2 is 2.31 bits per heavy atom. The number of nitrogen functional groups attached to an aromatic ring is 1. The summed E-state index contributed by atoms with van der Waals surface area (Å²) >= 11 is 0. The topological polar surface area (TPSA) is 42.2 Å². The highest BCUT2D eigenvalue weighted by molar-refractivity contribution is 5.62. The molecule has 1 aliphatic rings. The van der Waals surface area contributed by atoms with Crippen molar-refractivity contribution in [1.29, 1.82) is 0 Å². The number of pyridine rings is 1. The van der Waals surface area contributed by atoms with E-state index in [0.29, 0.717) is 0 Å². The van der Waals surface area contributed by atoms with Gasteiger partial charge in [-0.3, -0.25) is 0 Å². The van der Waals surface area contributed by atoms with Crippen LogP contribution in [0.15, 0.2) is 18.3 Å². The third-order valence-electron chi connectivity index (χ3n) is 3.54. The standard InChI is InChI=1S/C13H21N3/c1-2-11-5-4-9-16(10-7-11)13-12(14)6-3-8-15-13/h3,6,8,11H,2,4-5,7,9-10,14H2,1H3. The zero-order chi connectivity index (χ0) is 11.4. The Morgan fingerprint density at radius 1 is 1.44 bits per heavy atom. The molecule has 0 saturated carbocycles. The average Bonchev–Trinajstić information content (AvgIpc) is 2.55. The summed E-state index contributed by atoms with van der Waals surface area (Å²) in [6, 6.07) is 3.83. The minimum atomic E-state index is 0.803. The Morgan fingerprint density at radius 3 is 3.06 bits per heavy atom. The lowest BCUT2D eigenvalue weighted by Gasteiger charge is -2.22. The molecule has 1 aliphatic heterocycles. The number of anilines is 2. The molecule has 0 aliphatic carbocycles. The Kier molecular flexibility index (Phi) is 3.65. The number of hydrogen-bond acceptors (Lipinski definition) is 3. The van der Waals surface area contributed by atoms with E-state index in [0.717, 1.165) is 30.5 Å². The molecule has 1 fully saturated rings. The Hall–Kier alpha value is -1.25. The second kappa shape index (κ2) is 5.19. The van der Waals surface area contributed by atoms with Crippen molar-refractivity contribution in [2.24, 2.45) is 5.92 Å². The largest absolute Gasteiger partial charge is 0.396 e. The summed E-state index contributed by atoms with van der Waals surface area (Å²) in [4.78, 5) is 6.73. The zero-order valence-corrected chi connectivity index (χ0v) is 10.0. The second-order valence-electron chi connectivity index (χ2n) is 4.61. The lowest BCUT2D eigenvalue weighted by atomic mass is 9.98. The number of hydrogen-bond donors (Lipinski definition) is 1. The van der Waals surface area contributed by atoms with Crippen molar-refractivity contribution in [1.82, 2.24) is 4.98 Å². The molecule has 16 heavy (non-hydrogen) atoms. The highest BCUT2D eigenvalue weighted by Gasteiger charge is 2.17. The van der Waals surface area contributed by atoms with E-state index in [1.54, 1.807) is 0 Å². The van der Waals surface area contributed by atoms with Crippen LogP contribution in [0.3, 0.4) is 0 Å². The molecular weight excluding hydrogens is 198 g/mol. The van der Waals surface area contributed by atoms with Gasteiger partial charge in [-0.05, 0) is 37.3 Å². The first-order chi connectivity index (χ1) is 7.81. The van der Waals surface area contributed by atoms with E-state index >= 15 is 0 Å². The van der Waals surface area contributed by atoms with Gasteiger partial charge in [-0.15, -0.1) is 0 Å². The summed E-state index contributed by atoms with van der Waals surface area (Å²) in [5.74, 6) is 1.86. The summed E-state index contributed by atoms with van der Waals surface area (Å²) in [7, 11) is 0. The van der Waals surface area contributed by atoms with Crippen LogP contribution in [0.25, 0.3) is 0 Å². The molecule has 1 aromatic heterocycles. The average molecular weight is 219 g/mol. The van der Waals surface area contributed by atoms with E-state index in [4.69, 9.17) is 5.73 Å². The van der Waals surface area contributed by atoms with Crippen molar-refractivity contribution in [2.75, 3.05) is 23.7 Å². The van der Waals surface area contributed by atoms with E-state index in [-0.39, 0.29) is 0 Å². The predicted octanol–water partition coefficient (Wildman–Crippen LogP) is 2.68. The molecule has 1 atom stereocenters. The van der Waals surface area contributed by atoms with Crippen molar-refractivity contribution >= 4 is 11.5 Å². The normalized spacial score (nSPS) is 21.8. The van der Waals surface area contributed by atoms with Gasteiger partial charge in [-0.1, -0.05) is 13.3 Å². The zero-order valence-electron chi connectivity index (χ0n) is 10.0. The van der Waals surface area contributed by atoms with Crippen LogP contribution in [-0.4, -0.2) is 18.1 Å². The van der Waals surface area contributed by atoms with Gasteiger partial charge in [0, 0.05) is 19.3 Å². The fourth-order valence-electron chi connectivity index (χ4n) is 2.46. The number of rotatable bonds is 2. The monoisotopic (exact) mass is 219 g/mol.